The molecule has 106 valence electrons. The maximum atomic E-state index is 12.3. The van der Waals surface area contributed by atoms with Crippen LogP contribution in [0.25, 0.3) is 0 Å². The molecule has 0 unspecified atom stereocenters. The fourth-order valence-corrected chi connectivity index (χ4v) is 3.11. The van der Waals surface area contributed by atoms with Crippen LogP contribution in [-0.4, -0.2) is 9.78 Å². The van der Waals surface area contributed by atoms with Gasteiger partial charge >= 0.3 is 0 Å². The van der Waals surface area contributed by atoms with Crippen molar-refractivity contribution in [3.63, 3.8) is 0 Å². The van der Waals surface area contributed by atoms with E-state index in [0.717, 1.165) is 24.1 Å². The molecule has 1 aliphatic carbocycles. The lowest BCUT2D eigenvalue weighted by molar-refractivity contribution is 0.617. The Morgan fingerprint density at radius 2 is 2.00 bits per heavy atom. The van der Waals surface area contributed by atoms with Crippen LogP contribution >= 0.6 is 0 Å². The average Bonchev–Trinajstić information content (AvgIpc) is 3.05. The number of aryl methyl sites for hydroxylation is 1. The Labute approximate surface area is 118 Å². The van der Waals surface area contributed by atoms with Crippen molar-refractivity contribution in [2.75, 3.05) is 5.73 Å². The minimum Gasteiger partial charge on any atom is -0.393 e. The fourth-order valence-electron chi connectivity index (χ4n) is 3.11. The summed E-state index contributed by atoms with van der Waals surface area (Å²) in [6.07, 6.45) is 4.73. The van der Waals surface area contributed by atoms with Crippen LogP contribution in [0.1, 0.15) is 48.4 Å². The predicted octanol–water partition coefficient (Wildman–Crippen LogP) is 2.77. The van der Waals surface area contributed by atoms with Crippen molar-refractivity contribution in [3.05, 3.63) is 51.4 Å². The van der Waals surface area contributed by atoms with Crippen molar-refractivity contribution in [2.45, 2.75) is 45.1 Å². The van der Waals surface area contributed by atoms with Gasteiger partial charge in [0.2, 0.25) is 0 Å². The van der Waals surface area contributed by atoms with Crippen LogP contribution in [0.3, 0.4) is 0 Å². The summed E-state index contributed by atoms with van der Waals surface area (Å²) in [6.45, 7) is 2.62. The Morgan fingerprint density at radius 1 is 1.30 bits per heavy atom. The molecule has 1 heterocycles. The normalized spacial score (nSPS) is 15.8. The van der Waals surface area contributed by atoms with Crippen molar-refractivity contribution < 1.29 is 0 Å². The summed E-state index contributed by atoms with van der Waals surface area (Å²) in [6, 6.07) is 8.12. The number of hydrogen-bond donors (Lipinski definition) is 2. The highest BCUT2D eigenvalue weighted by Crippen LogP contribution is 2.34. The summed E-state index contributed by atoms with van der Waals surface area (Å²) in [5.74, 6) is 0.431. The van der Waals surface area contributed by atoms with E-state index in [0.29, 0.717) is 18.2 Å². The molecule has 3 N–H and O–H groups in total. The number of aromatic amines is 1. The van der Waals surface area contributed by atoms with Gasteiger partial charge in [0.15, 0.2) is 0 Å². The van der Waals surface area contributed by atoms with E-state index in [9.17, 15) is 4.79 Å². The van der Waals surface area contributed by atoms with Crippen molar-refractivity contribution in [1.82, 2.24) is 9.78 Å². The minimum absolute atomic E-state index is 0.0878. The Bertz CT molecular complexity index is 663. The van der Waals surface area contributed by atoms with Gasteiger partial charge in [-0.05, 0) is 30.9 Å². The fraction of sp³-hybridized carbons (Fsp3) is 0.438. The molecule has 2 aromatic rings. The van der Waals surface area contributed by atoms with Gasteiger partial charge in [-0.25, -0.2) is 4.68 Å². The van der Waals surface area contributed by atoms with Gasteiger partial charge in [0, 0.05) is 5.92 Å². The molecule has 0 saturated heterocycles. The Balaban J connectivity index is 1.93. The van der Waals surface area contributed by atoms with E-state index in [-0.39, 0.29) is 5.56 Å². The SMILES string of the molecule is Cc1ccccc1Cn1[nH]c(C2CCCC2)c(N)c1=O. The van der Waals surface area contributed by atoms with Crippen molar-refractivity contribution in [3.8, 4) is 0 Å². The van der Waals surface area contributed by atoms with E-state index in [2.05, 4.69) is 18.1 Å². The number of H-pyrrole nitrogens is 1. The summed E-state index contributed by atoms with van der Waals surface area (Å²) in [4.78, 5) is 12.3. The third-order valence-corrected chi connectivity index (χ3v) is 4.37. The number of nitrogens with one attached hydrogen (secondary N) is 1. The molecule has 1 fully saturated rings. The third kappa shape index (κ3) is 2.26. The molecule has 0 spiro atoms. The van der Waals surface area contributed by atoms with Gasteiger partial charge < -0.3 is 5.73 Å². The lowest BCUT2D eigenvalue weighted by atomic mass is 10.0. The van der Waals surface area contributed by atoms with E-state index >= 15 is 0 Å². The largest absolute Gasteiger partial charge is 0.393 e. The minimum atomic E-state index is -0.0878. The Kier molecular flexibility index (Phi) is 3.38. The van der Waals surface area contributed by atoms with Gasteiger partial charge in [-0.15, -0.1) is 0 Å². The Hall–Kier alpha value is -1.97. The van der Waals surface area contributed by atoms with E-state index < -0.39 is 0 Å². The first kappa shape index (κ1) is 13.0. The van der Waals surface area contributed by atoms with E-state index in [1.165, 1.54) is 18.4 Å². The van der Waals surface area contributed by atoms with Gasteiger partial charge in [0.1, 0.15) is 5.69 Å². The molecule has 20 heavy (non-hydrogen) atoms. The molecule has 0 amide bonds. The number of benzene rings is 1. The molecule has 1 aliphatic rings. The smallest absolute Gasteiger partial charge is 0.290 e. The molecular formula is C16H21N3O. The van der Waals surface area contributed by atoms with E-state index in [4.69, 9.17) is 5.73 Å². The van der Waals surface area contributed by atoms with Crippen LogP contribution in [0.5, 0.6) is 0 Å². The van der Waals surface area contributed by atoms with E-state index in [1.54, 1.807) is 4.68 Å². The third-order valence-electron chi connectivity index (χ3n) is 4.37. The summed E-state index contributed by atoms with van der Waals surface area (Å²) in [5, 5.41) is 3.25. The van der Waals surface area contributed by atoms with Crippen LogP contribution in [0.4, 0.5) is 5.69 Å². The molecule has 0 radical (unpaired) electrons. The lowest BCUT2D eigenvalue weighted by Gasteiger charge is -2.08. The molecular weight excluding hydrogens is 250 g/mol. The molecule has 0 aliphatic heterocycles. The zero-order valence-electron chi connectivity index (χ0n) is 11.9. The number of nitrogens with zero attached hydrogens (tertiary/aromatic N) is 1. The molecule has 3 rings (SSSR count). The second kappa shape index (κ2) is 5.19. The number of rotatable bonds is 3. The van der Waals surface area contributed by atoms with Gasteiger partial charge in [0.05, 0.1) is 12.2 Å². The quantitative estimate of drug-likeness (QED) is 0.901. The van der Waals surface area contributed by atoms with Gasteiger partial charge in [-0.1, -0.05) is 37.1 Å². The second-order valence-electron chi connectivity index (χ2n) is 5.74. The molecule has 0 atom stereocenters. The number of nitrogen functional groups attached to an aromatic ring is 1. The molecule has 0 bridgehead atoms. The van der Waals surface area contributed by atoms with Gasteiger partial charge in [-0.2, -0.15) is 0 Å². The van der Waals surface area contributed by atoms with E-state index in [1.807, 2.05) is 18.2 Å². The summed E-state index contributed by atoms with van der Waals surface area (Å²) in [7, 11) is 0. The number of nitrogens with two attached hydrogens (primary N) is 1. The van der Waals surface area contributed by atoms with Crippen LogP contribution in [0, 0.1) is 6.92 Å². The molecule has 1 aromatic carbocycles. The maximum absolute atomic E-state index is 12.3. The first-order valence-corrected chi connectivity index (χ1v) is 7.29. The number of hydrogen-bond acceptors (Lipinski definition) is 2. The zero-order valence-corrected chi connectivity index (χ0v) is 11.9. The lowest BCUT2D eigenvalue weighted by Crippen LogP contribution is -2.19. The summed E-state index contributed by atoms with van der Waals surface area (Å²) in [5.41, 5.74) is 9.61. The molecule has 1 aromatic heterocycles. The van der Waals surface area contributed by atoms with Crippen LogP contribution in [0.2, 0.25) is 0 Å². The van der Waals surface area contributed by atoms with Crippen LogP contribution < -0.4 is 11.3 Å². The van der Waals surface area contributed by atoms with Crippen molar-refractivity contribution >= 4 is 5.69 Å². The molecule has 4 nitrogen and oxygen atoms in total. The molecule has 4 heteroatoms. The predicted molar refractivity (Wildman–Crippen MR) is 81.0 cm³/mol. The highest BCUT2D eigenvalue weighted by molar-refractivity contribution is 5.43. The second-order valence-corrected chi connectivity index (χ2v) is 5.74. The maximum Gasteiger partial charge on any atom is 0.290 e. The summed E-state index contributed by atoms with van der Waals surface area (Å²) >= 11 is 0. The van der Waals surface area contributed by atoms with Gasteiger partial charge in [-0.3, -0.25) is 9.89 Å². The highest BCUT2D eigenvalue weighted by atomic mass is 16.1. The Morgan fingerprint density at radius 3 is 2.70 bits per heavy atom. The topological polar surface area (TPSA) is 63.8 Å². The molecule has 1 saturated carbocycles. The van der Waals surface area contributed by atoms with Gasteiger partial charge in [0.25, 0.3) is 5.56 Å². The number of aromatic nitrogens is 2. The van der Waals surface area contributed by atoms with Crippen LogP contribution in [-0.2, 0) is 6.54 Å². The first-order chi connectivity index (χ1) is 9.66. The summed E-state index contributed by atoms with van der Waals surface area (Å²) < 4.78 is 1.64. The van der Waals surface area contributed by atoms with Crippen molar-refractivity contribution in [1.29, 1.82) is 0 Å². The highest BCUT2D eigenvalue weighted by Gasteiger charge is 2.23. The van der Waals surface area contributed by atoms with Crippen molar-refractivity contribution in [2.24, 2.45) is 0 Å². The monoisotopic (exact) mass is 271 g/mol. The van der Waals surface area contributed by atoms with Crippen LogP contribution in [0.15, 0.2) is 29.1 Å². The zero-order chi connectivity index (χ0) is 14.1. The number of anilines is 1. The standard InChI is InChI=1S/C16H21N3O/c1-11-6-2-3-9-13(11)10-19-16(20)14(17)15(18-19)12-7-4-5-8-12/h2-3,6,9,12,18H,4-5,7-8,10,17H2,1H3. The average molecular weight is 271 g/mol. The first-order valence-electron chi connectivity index (χ1n) is 7.29.